The van der Waals surface area contributed by atoms with Crippen LogP contribution >= 0.6 is 16.5 Å². The van der Waals surface area contributed by atoms with Crippen LogP contribution in [0.25, 0.3) is 0 Å². The Balaban J connectivity index is 1.82. The fourth-order valence-electron chi connectivity index (χ4n) is 2.03. The van der Waals surface area contributed by atoms with Gasteiger partial charge in [0.2, 0.25) is 0 Å². The summed E-state index contributed by atoms with van der Waals surface area (Å²) in [6.45, 7) is 4.24. The van der Waals surface area contributed by atoms with Crippen molar-refractivity contribution in [2.45, 2.75) is 31.5 Å². The molecule has 0 aromatic heterocycles. The Morgan fingerprint density at radius 3 is 3.00 bits per heavy atom. The molecule has 2 heterocycles. The molecule has 2 aliphatic rings. The molecule has 4 atom stereocenters. The summed E-state index contributed by atoms with van der Waals surface area (Å²) in [4.78, 5) is 0. The molecule has 0 spiro atoms. The molecule has 0 amide bonds. The molecular weight excluding hydrogens is 214 g/mol. The number of unbranched alkanes of at least 4 members (excludes halogenated alkanes) is 1. The fourth-order valence-corrected chi connectivity index (χ4v) is 6.61. The molecule has 0 radical (unpaired) electrons. The van der Waals surface area contributed by atoms with Gasteiger partial charge in [0, 0.05) is 0 Å². The van der Waals surface area contributed by atoms with Crippen molar-refractivity contribution in [2.24, 2.45) is 0 Å². The topological polar surface area (TPSA) is 18.5 Å². The highest BCUT2D eigenvalue weighted by atomic mass is 31.1. The molecule has 0 bridgehead atoms. The van der Waals surface area contributed by atoms with Crippen LogP contribution in [0.3, 0.4) is 0 Å². The second-order valence-corrected chi connectivity index (χ2v) is 7.95. The predicted octanol–water partition coefficient (Wildman–Crippen LogP) is 2.66. The minimum atomic E-state index is 0.134. The van der Waals surface area contributed by atoms with Crippen LogP contribution in [0.15, 0.2) is 0 Å². The van der Waals surface area contributed by atoms with E-state index in [0.29, 0.717) is 11.7 Å². The summed E-state index contributed by atoms with van der Waals surface area (Å²) in [6, 6.07) is 0. The predicted molar refractivity (Wildman–Crippen MR) is 64.2 cm³/mol. The molecule has 82 valence electrons. The lowest BCUT2D eigenvalue weighted by Crippen LogP contribution is -2.20. The van der Waals surface area contributed by atoms with Crippen LogP contribution in [0.5, 0.6) is 0 Å². The van der Waals surface area contributed by atoms with E-state index in [4.69, 9.17) is 9.47 Å². The molecule has 0 aromatic rings. The molecule has 4 heteroatoms. The maximum atomic E-state index is 5.86. The van der Waals surface area contributed by atoms with E-state index in [0.717, 1.165) is 21.8 Å². The Hall–Kier alpha value is 0.780. The number of hydrogen-bond donors (Lipinski definition) is 0. The third-order valence-corrected chi connectivity index (χ3v) is 7.26. The van der Waals surface area contributed by atoms with Gasteiger partial charge in [0.1, 0.15) is 11.7 Å². The molecule has 2 fully saturated rings. The minimum Gasteiger partial charge on any atom is -0.371 e. The lowest BCUT2D eigenvalue weighted by molar-refractivity contribution is 0.0367. The largest absolute Gasteiger partial charge is 0.371 e. The van der Waals surface area contributed by atoms with Crippen LogP contribution in [-0.2, 0) is 9.47 Å². The highest BCUT2D eigenvalue weighted by Gasteiger charge is 2.36. The van der Waals surface area contributed by atoms with Gasteiger partial charge in [-0.25, -0.2) is 0 Å². The van der Waals surface area contributed by atoms with Gasteiger partial charge in [-0.05, 0) is 24.9 Å². The van der Waals surface area contributed by atoms with Crippen LogP contribution < -0.4 is 0 Å². The van der Waals surface area contributed by atoms with Gasteiger partial charge in [0.05, 0.1) is 13.2 Å². The summed E-state index contributed by atoms with van der Waals surface area (Å²) < 4.78 is 11.6. The maximum absolute atomic E-state index is 5.86. The molecule has 0 aromatic carbocycles. The van der Waals surface area contributed by atoms with Crippen LogP contribution in [0.4, 0.5) is 0 Å². The van der Waals surface area contributed by atoms with Gasteiger partial charge in [-0.1, -0.05) is 29.8 Å². The van der Waals surface area contributed by atoms with E-state index in [9.17, 15) is 0 Å². The second-order valence-electron chi connectivity index (χ2n) is 3.90. The Kier molecular flexibility index (Phi) is 4.63. The van der Waals surface area contributed by atoms with E-state index >= 15 is 0 Å². The average Bonchev–Trinajstić information content (AvgIpc) is 2.84. The zero-order valence-electron chi connectivity index (χ0n) is 8.87. The molecular formula is C10H20O2P2. The fraction of sp³-hybridized carbons (Fsp3) is 1.00. The average molecular weight is 234 g/mol. The molecule has 0 saturated carbocycles. The normalized spacial score (nSPS) is 39.6. The highest BCUT2D eigenvalue weighted by Crippen LogP contribution is 2.53. The first-order valence-corrected chi connectivity index (χ1v) is 8.69. The third-order valence-electron chi connectivity index (χ3n) is 2.83. The summed E-state index contributed by atoms with van der Waals surface area (Å²) in [5, 5.41) is 0. The van der Waals surface area contributed by atoms with Crippen LogP contribution in [0.2, 0.25) is 0 Å². The Morgan fingerprint density at radius 2 is 2.29 bits per heavy atom. The summed E-state index contributed by atoms with van der Waals surface area (Å²) in [7, 11) is 1.13. The van der Waals surface area contributed by atoms with E-state index in [-0.39, 0.29) is 7.92 Å². The maximum Gasteiger partial charge on any atom is 0.106 e. The van der Waals surface area contributed by atoms with Gasteiger partial charge in [0.25, 0.3) is 0 Å². The summed E-state index contributed by atoms with van der Waals surface area (Å²) in [6.07, 6.45) is 6.69. The van der Waals surface area contributed by atoms with E-state index < -0.39 is 0 Å². The Morgan fingerprint density at radius 1 is 1.36 bits per heavy atom. The van der Waals surface area contributed by atoms with Gasteiger partial charge in [-0.3, -0.25) is 0 Å². The summed E-state index contributed by atoms with van der Waals surface area (Å²) in [5.74, 6) is 0.970. The monoisotopic (exact) mass is 234 g/mol. The Labute approximate surface area is 89.7 Å². The van der Waals surface area contributed by atoms with Crippen molar-refractivity contribution < 1.29 is 9.47 Å². The molecule has 2 saturated heterocycles. The molecule has 0 N–H and O–H groups in total. The van der Waals surface area contributed by atoms with Gasteiger partial charge < -0.3 is 9.47 Å². The van der Waals surface area contributed by atoms with Crippen LogP contribution in [0, 0.1) is 0 Å². The highest BCUT2D eigenvalue weighted by molar-refractivity contribution is 7.59. The lowest BCUT2D eigenvalue weighted by Gasteiger charge is -2.23. The summed E-state index contributed by atoms with van der Waals surface area (Å²) in [5.41, 5.74) is 0. The SMILES string of the molecule is CCCC[P@@]1CCO[C@@H]1C1OCCP1. The van der Waals surface area contributed by atoms with Crippen molar-refractivity contribution >= 4 is 16.5 Å². The summed E-state index contributed by atoms with van der Waals surface area (Å²) >= 11 is 0. The van der Waals surface area contributed by atoms with E-state index in [1.165, 1.54) is 31.3 Å². The van der Waals surface area contributed by atoms with Gasteiger partial charge in [-0.2, -0.15) is 0 Å². The number of hydrogen-bond acceptors (Lipinski definition) is 2. The smallest absolute Gasteiger partial charge is 0.106 e. The van der Waals surface area contributed by atoms with E-state index in [1.54, 1.807) is 0 Å². The molecule has 14 heavy (non-hydrogen) atoms. The van der Waals surface area contributed by atoms with Gasteiger partial charge >= 0.3 is 0 Å². The standard InChI is InChI=1S/C10H20O2P2/c1-2-3-7-14-8-5-12-10(14)9-11-4-6-13-9/h9-10,13H,2-8H2,1H3/t9?,10-,14-/m0/s1. The first-order chi connectivity index (χ1) is 6.92. The van der Waals surface area contributed by atoms with Crippen LogP contribution in [0.1, 0.15) is 19.8 Å². The molecule has 2 aliphatic heterocycles. The Bertz CT molecular complexity index is 172. The van der Waals surface area contributed by atoms with Crippen molar-refractivity contribution in [3.8, 4) is 0 Å². The van der Waals surface area contributed by atoms with Crippen molar-refractivity contribution in [1.29, 1.82) is 0 Å². The van der Waals surface area contributed by atoms with Crippen molar-refractivity contribution in [2.75, 3.05) is 31.7 Å². The third kappa shape index (κ3) is 2.67. The van der Waals surface area contributed by atoms with Crippen LogP contribution in [-0.4, -0.2) is 43.4 Å². The minimum absolute atomic E-state index is 0.134. The first-order valence-electron chi connectivity index (χ1n) is 5.62. The second kappa shape index (κ2) is 5.75. The molecule has 0 aliphatic carbocycles. The van der Waals surface area contributed by atoms with Crippen molar-refractivity contribution in [3.63, 3.8) is 0 Å². The number of rotatable bonds is 4. The molecule has 2 unspecified atom stereocenters. The number of ether oxygens (including phenoxy) is 2. The zero-order chi connectivity index (χ0) is 9.80. The first kappa shape index (κ1) is 11.3. The quantitative estimate of drug-likeness (QED) is 0.696. The zero-order valence-corrected chi connectivity index (χ0v) is 10.8. The van der Waals surface area contributed by atoms with Crippen molar-refractivity contribution in [3.05, 3.63) is 0 Å². The van der Waals surface area contributed by atoms with Crippen molar-refractivity contribution in [1.82, 2.24) is 0 Å². The van der Waals surface area contributed by atoms with E-state index in [2.05, 4.69) is 6.92 Å². The molecule has 2 nitrogen and oxygen atoms in total. The van der Waals surface area contributed by atoms with E-state index in [1.807, 2.05) is 0 Å². The van der Waals surface area contributed by atoms with Gasteiger partial charge in [-0.15, -0.1) is 0 Å². The van der Waals surface area contributed by atoms with Gasteiger partial charge in [0.15, 0.2) is 0 Å². The molecule has 2 rings (SSSR count). The lowest BCUT2D eigenvalue weighted by atomic mass is 10.4.